The molecular weight excluding hydrogens is 337 g/mol. The predicted molar refractivity (Wildman–Crippen MR) is 99.3 cm³/mol. The molecular formula is C11H34O4Si5. The van der Waals surface area contributed by atoms with Crippen molar-refractivity contribution < 1.29 is 16.5 Å². The summed E-state index contributed by atoms with van der Waals surface area (Å²) in [6.45, 7) is 19.5. The summed E-state index contributed by atoms with van der Waals surface area (Å²) in [7, 11) is -7.86. The normalized spacial score (nSPS) is 13.8. The fourth-order valence-corrected chi connectivity index (χ4v) is 19.8. The Morgan fingerprint density at radius 1 is 0.700 bits per heavy atom. The summed E-state index contributed by atoms with van der Waals surface area (Å²) in [5.41, 5.74) is 0. The van der Waals surface area contributed by atoms with Crippen LogP contribution in [0.1, 0.15) is 13.3 Å². The summed E-state index contributed by atoms with van der Waals surface area (Å²) < 4.78 is 24.9. The summed E-state index contributed by atoms with van der Waals surface area (Å²) in [4.78, 5) is 0. The summed E-state index contributed by atoms with van der Waals surface area (Å²) in [6.07, 6.45) is 1.10. The van der Waals surface area contributed by atoms with Gasteiger partial charge in [0, 0.05) is 0 Å². The van der Waals surface area contributed by atoms with E-state index in [0.29, 0.717) is 0 Å². The van der Waals surface area contributed by atoms with Gasteiger partial charge in [0.1, 0.15) is 0 Å². The van der Waals surface area contributed by atoms with E-state index in [-0.39, 0.29) is 0 Å². The van der Waals surface area contributed by atoms with Gasteiger partial charge in [-0.15, -0.1) is 0 Å². The molecule has 9 heteroatoms. The van der Waals surface area contributed by atoms with Gasteiger partial charge in [-0.2, -0.15) is 0 Å². The maximum Gasteiger partial charge on any atom is 0.312 e. The van der Waals surface area contributed by atoms with Crippen LogP contribution in [0.25, 0.3) is 0 Å². The molecule has 0 aliphatic rings. The molecule has 0 N–H and O–H groups in total. The van der Waals surface area contributed by atoms with E-state index in [0.717, 1.165) is 12.5 Å². The van der Waals surface area contributed by atoms with E-state index in [4.69, 9.17) is 16.5 Å². The minimum Gasteiger partial charge on any atom is -0.440 e. The third-order valence-electron chi connectivity index (χ3n) is 2.39. The molecule has 0 atom stereocenters. The van der Waals surface area contributed by atoms with Crippen LogP contribution in [0, 0.1) is 0 Å². The monoisotopic (exact) mass is 370 g/mol. The molecule has 0 aromatic rings. The van der Waals surface area contributed by atoms with Crippen molar-refractivity contribution in [3.63, 3.8) is 0 Å². The predicted octanol–water partition coefficient (Wildman–Crippen LogP) is 3.05. The third kappa shape index (κ3) is 10.6. The van der Waals surface area contributed by atoms with E-state index in [1.54, 1.807) is 0 Å². The van der Waals surface area contributed by atoms with Crippen LogP contribution < -0.4 is 0 Å². The Labute approximate surface area is 133 Å². The van der Waals surface area contributed by atoms with E-state index >= 15 is 0 Å². The standard InChI is InChI=1S/C11H34O4Si5/c1-10-11-18(14-19(6,7)12-16(2)3)15-20(8,9)13-17(4)5/h16-18H,10-11H2,1-9H3. The van der Waals surface area contributed by atoms with Crippen LogP contribution in [-0.2, 0) is 16.5 Å². The molecule has 0 fully saturated rings. The fraction of sp³-hybridized carbons (Fsp3) is 1.00. The molecule has 0 amide bonds. The average molecular weight is 371 g/mol. The zero-order chi connectivity index (χ0) is 16.0. The van der Waals surface area contributed by atoms with Crippen LogP contribution in [0.15, 0.2) is 0 Å². The van der Waals surface area contributed by atoms with E-state index in [1.165, 1.54) is 0 Å². The summed E-state index contributed by atoms with van der Waals surface area (Å²) >= 11 is 0. The molecule has 0 saturated carbocycles. The van der Waals surface area contributed by atoms with Gasteiger partial charge in [-0.3, -0.25) is 0 Å². The van der Waals surface area contributed by atoms with Gasteiger partial charge in [-0.05, 0) is 58.4 Å². The second kappa shape index (κ2) is 9.15. The number of hydrogen-bond donors (Lipinski definition) is 0. The first-order chi connectivity index (χ1) is 8.97. The van der Waals surface area contributed by atoms with Gasteiger partial charge in [0.2, 0.25) is 0 Å². The van der Waals surface area contributed by atoms with Crippen molar-refractivity contribution in [1.82, 2.24) is 0 Å². The molecule has 0 saturated heterocycles. The topological polar surface area (TPSA) is 36.9 Å². The molecule has 0 bridgehead atoms. The van der Waals surface area contributed by atoms with Crippen LogP contribution in [0.3, 0.4) is 0 Å². The molecule has 0 aliphatic heterocycles. The highest BCUT2D eigenvalue weighted by molar-refractivity contribution is 6.81. The molecule has 0 aliphatic carbocycles. The molecule has 0 rings (SSSR count). The Kier molecular flexibility index (Phi) is 9.57. The fourth-order valence-electron chi connectivity index (χ4n) is 2.20. The smallest absolute Gasteiger partial charge is 0.312 e. The van der Waals surface area contributed by atoms with Crippen molar-refractivity contribution in [3.05, 3.63) is 0 Å². The van der Waals surface area contributed by atoms with Gasteiger partial charge in [0.15, 0.2) is 18.1 Å². The van der Waals surface area contributed by atoms with Crippen molar-refractivity contribution in [1.29, 1.82) is 0 Å². The van der Waals surface area contributed by atoms with Crippen LogP contribution in [0.2, 0.25) is 58.4 Å². The minimum atomic E-state index is -2.03. The van der Waals surface area contributed by atoms with Gasteiger partial charge in [-0.1, -0.05) is 13.3 Å². The molecule has 0 heterocycles. The summed E-state index contributed by atoms with van der Waals surface area (Å²) in [5, 5.41) is 0. The lowest BCUT2D eigenvalue weighted by Crippen LogP contribution is -2.50. The van der Waals surface area contributed by atoms with E-state index in [9.17, 15) is 0 Å². The van der Waals surface area contributed by atoms with Gasteiger partial charge in [0.05, 0.1) is 0 Å². The van der Waals surface area contributed by atoms with Crippen molar-refractivity contribution in [2.45, 2.75) is 71.8 Å². The third-order valence-corrected chi connectivity index (χ3v) is 18.4. The van der Waals surface area contributed by atoms with Crippen LogP contribution in [-0.4, -0.2) is 44.5 Å². The molecule has 4 nitrogen and oxygen atoms in total. The van der Waals surface area contributed by atoms with Crippen LogP contribution >= 0.6 is 0 Å². The minimum absolute atomic E-state index is 1.04. The molecule has 0 aromatic heterocycles. The van der Waals surface area contributed by atoms with E-state index in [1.807, 2.05) is 0 Å². The van der Waals surface area contributed by atoms with Crippen molar-refractivity contribution in [2.75, 3.05) is 0 Å². The largest absolute Gasteiger partial charge is 0.440 e. The van der Waals surface area contributed by atoms with Crippen molar-refractivity contribution >= 4 is 44.5 Å². The van der Waals surface area contributed by atoms with Crippen LogP contribution in [0.4, 0.5) is 0 Å². The van der Waals surface area contributed by atoms with Crippen molar-refractivity contribution in [2.24, 2.45) is 0 Å². The Morgan fingerprint density at radius 2 is 1.05 bits per heavy atom. The molecule has 122 valence electrons. The van der Waals surface area contributed by atoms with Crippen LogP contribution in [0.5, 0.6) is 0 Å². The quantitative estimate of drug-likeness (QED) is 0.554. The van der Waals surface area contributed by atoms with Gasteiger partial charge in [0.25, 0.3) is 0 Å². The second-order valence-corrected chi connectivity index (χ2v) is 21.6. The van der Waals surface area contributed by atoms with Gasteiger partial charge < -0.3 is 16.5 Å². The Hall–Kier alpha value is 0.924. The Balaban J connectivity index is 4.64. The van der Waals surface area contributed by atoms with E-state index < -0.39 is 44.5 Å². The molecule has 0 radical (unpaired) electrons. The van der Waals surface area contributed by atoms with E-state index in [2.05, 4.69) is 59.3 Å². The molecule has 0 aromatic carbocycles. The highest BCUT2D eigenvalue weighted by Crippen LogP contribution is 2.18. The first kappa shape index (κ1) is 20.9. The zero-order valence-electron chi connectivity index (χ0n) is 14.8. The number of rotatable bonds is 10. The number of hydrogen-bond acceptors (Lipinski definition) is 4. The Bertz CT molecular complexity index is 250. The first-order valence-electron chi connectivity index (χ1n) is 7.68. The maximum atomic E-state index is 6.34. The zero-order valence-corrected chi connectivity index (χ0v) is 20.2. The lowest BCUT2D eigenvalue weighted by molar-refractivity contribution is 0.319. The summed E-state index contributed by atoms with van der Waals surface area (Å²) in [5.74, 6) is 0. The second-order valence-electron chi connectivity index (χ2n) is 6.59. The summed E-state index contributed by atoms with van der Waals surface area (Å²) in [6, 6.07) is 1.04. The molecule has 0 spiro atoms. The Morgan fingerprint density at radius 3 is 1.30 bits per heavy atom. The lowest BCUT2D eigenvalue weighted by Gasteiger charge is -2.34. The van der Waals surface area contributed by atoms with Gasteiger partial charge in [-0.25, -0.2) is 0 Å². The average Bonchev–Trinajstić information content (AvgIpc) is 2.10. The lowest BCUT2D eigenvalue weighted by atomic mass is 10.6. The van der Waals surface area contributed by atoms with Gasteiger partial charge >= 0.3 is 26.4 Å². The maximum absolute atomic E-state index is 6.34. The highest BCUT2D eigenvalue weighted by atomic mass is 28.5. The molecule has 0 unspecified atom stereocenters. The highest BCUT2D eigenvalue weighted by Gasteiger charge is 2.36. The molecule has 20 heavy (non-hydrogen) atoms. The first-order valence-corrected chi connectivity index (χ1v) is 20.6. The SMILES string of the molecule is CCC[SiH](O[Si](C)(C)O[SiH](C)C)O[Si](C)(C)O[SiH](C)C. The van der Waals surface area contributed by atoms with Crippen molar-refractivity contribution in [3.8, 4) is 0 Å².